The first-order valence-corrected chi connectivity index (χ1v) is 9.64. The van der Waals surface area contributed by atoms with Crippen LogP contribution in [-0.4, -0.2) is 24.5 Å². The summed E-state index contributed by atoms with van der Waals surface area (Å²) in [5.74, 6) is -1.67. The minimum atomic E-state index is -0.659. The SMILES string of the molecule is C=C(C)C(=O)OCCc1ccc(/C=C/C(=O)Oc2ccc(OC(=O)C(=C)C)cc2)cc1F. The number of benzene rings is 2. The molecule has 2 aromatic rings. The van der Waals surface area contributed by atoms with Gasteiger partial charge in [-0.1, -0.05) is 25.3 Å². The standard InChI is InChI=1S/C25H23FO6/c1-16(2)24(28)30-14-13-19-7-5-18(15-22(19)26)6-12-23(27)31-20-8-10-21(11-9-20)32-25(29)17(3)4/h5-12,15H,1,3,13-14H2,2,4H3/b12-6+. The number of ether oxygens (including phenoxy) is 3. The maximum atomic E-state index is 14.2. The van der Waals surface area contributed by atoms with E-state index in [2.05, 4.69) is 13.2 Å². The van der Waals surface area contributed by atoms with Gasteiger partial charge >= 0.3 is 17.9 Å². The fraction of sp³-hybridized carbons (Fsp3) is 0.160. The van der Waals surface area contributed by atoms with E-state index in [9.17, 15) is 18.8 Å². The van der Waals surface area contributed by atoms with Gasteiger partial charge in [-0.3, -0.25) is 0 Å². The van der Waals surface area contributed by atoms with Crippen molar-refractivity contribution < 1.29 is 33.0 Å². The molecule has 0 N–H and O–H groups in total. The molecule has 0 aliphatic carbocycles. The Morgan fingerprint density at radius 3 is 2.06 bits per heavy atom. The van der Waals surface area contributed by atoms with Crippen molar-refractivity contribution in [1.82, 2.24) is 0 Å². The van der Waals surface area contributed by atoms with Gasteiger partial charge in [0.25, 0.3) is 0 Å². The maximum Gasteiger partial charge on any atom is 0.338 e. The molecule has 0 saturated carbocycles. The van der Waals surface area contributed by atoms with Gasteiger partial charge in [-0.05, 0) is 61.4 Å². The van der Waals surface area contributed by atoms with Gasteiger partial charge in [0.15, 0.2) is 0 Å². The summed E-state index contributed by atoms with van der Waals surface area (Å²) in [4.78, 5) is 34.8. The summed E-state index contributed by atoms with van der Waals surface area (Å²) in [6, 6.07) is 10.4. The first-order valence-electron chi connectivity index (χ1n) is 9.64. The number of carbonyl (C=O) groups excluding carboxylic acids is 3. The van der Waals surface area contributed by atoms with E-state index in [0.29, 0.717) is 16.9 Å². The van der Waals surface area contributed by atoms with E-state index in [1.165, 1.54) is 50.3 Å². The van der Waals surface area contributed by atoms with E-state index >= 15 is 0 Å². The lowest BCUT2D eigenvalue weighted by Gasteiger charge is -2.06. The summed E-state index contributed by atoms with van der Waals surface area (Å²) in [6.07, 6.45) is 2.80. The zero-order chi connectivity index (χ0) is 23.7. The lowest BCUT2D eigenvalue weighted by atomic mass is 10.1. The third-order valence-corrected chi connectivity index (χ3v) is 4.04. The predicted octanol–water partition coefficient (Wildman–Crippen LogP) is 4.59. The monoisotopic (exact) mass is 438 g/mol. The Bertz CT molecular complexity index is 1070. The van der Waals surface area contributed by atoms with Crippen LogP contribution in [0.25, 0.3) is 6.08 Å². The summed E-state index contributed by atoms with van der Waals surface area (Å²) < 4.78 is 29.4. The Labute approximate surface area is 185 Å². The van der Waals surface area contributed by atoms with Crippen LogP contribution in [0.5, 0.6) is 11.5 Å². The van der Waals surface area contributed by atoms with Crippen molar-refractivity contribution in [3.63, 3.8) is 0 Å². The maximum absolute atomic E-state index is 14.2. The molecule has 0 spiro atoms. The lowest BCUT2D eigenvalue weighted by Crippen LogP contribution is -2.08. The van der Waals surface area contributed by atoms with E-state index in [4.69, 9.17) is 14.2 Å². The molecule has 0 amide bonds. The van der Waals surface area contributed by atoms with Crippen LogP contribution in [0.3, 0.4) is 0 Å². The third-order valence-electron chi connectivity index (χ3n) is 4.04. The molecule has 0 bridgehead atoms. The second-order valence-electron chi connectivity index (χ2n) is 6.91. The number of rotatable bonds is 9. The first kappa shape index (κ1) is 24.3. The van der Waals surface area contributed by atoms with E-state index in [-0.39, 0.29) is 29.9 Å². The zero-order valence-corrected chi connectivity index (χ0v) is 17.9. The second kappa shape index (κ2) is 11.4. The van der Waals surface area contributed by atoms with Crippen molar-refractivity contribution in [3.8, 4) is 11.5 Å². The molecule has 0 aliphatic heterocycles. The van der Waals surface area contributed by atoms with Crippen LogP contribution in [0.1, 0.15) is 25.0 Å². The number of halogens is 1. The molecule has 0 fully saturated rings. The number of hydrogen-bond acceptors (Lipinski definition) is 6. The van der Waals surface area contributed by atoms with E-state index < -0.39 is 23.7 Å². The van der Waals surface area contributed by atoms with Crippen molar-refractivity contribution in [2.75, 3.05) is 6.61 Å². The molecular weight excluding hydrogens is 415 g/mol. The van der Waals surface area contributed by atoms with Crippen molar-refractivity contribution in [1.29, 1.82) is 0 Å². The summed E-state index contributed by atoms with van der Waals surface area (Å²) in [5.41, 5.74) is 1.39. The van der Waals surface area contributed by atoms with Gasteiger partial charge in [0.2, 0.25) is 0 Å². The van der Waals surface area contributed by atoms with Crippen LogP contribution in [0.15, 0.2) is 72.8 Å². The fourth-order valence-corrected chi connectivity index (χ4v) is 2.33. The van der Waals surface area contributed by atoms with Crippen molar-refractivity contribution in [3.05, 3.63) is 89.8 Å². The summed E-state index contributed by atoms with van der Waals surface area (Å²) in [5, 5.41) is 0. The van der Waals surface area contributed by atoms with Gasteiger partial charge in [0.1, 0.15) is 17.3 Å². The second-order valence-corrected chi connectivity index (χ2v) is 6.91. The van der Waals surface area contributed by atoms with Gasteiger partial charge in [0, 0.05) is 23.6 Å². The highest BCUT2D eigenvalue weighted by molar-refractivity contribution is 5.89. The molecule has 0 heterocycles. The molecule has 166 valence electrons. The smallest absolute Gasteiger partial charge is 0.338 e. The molecule has 0 radical (unpaired) electrons. The Kier molecular flexibility index (Phi) is 8.65. The van der Waals surface area contributed by atoms with Crippen LogP contribution in [-0.2, 0) is 25.5 Å². The molecule has 6 nitrogen and oxygen atoms in total. The Balaban J connectivity index is 1.89. The minimum Gasteiger partial charge on any atom is -0.462 e. The average Bonchev–Trinajstić information content (AvgIpc) is 2.74. The van der Waals surface area contributed by atoms with Gasteiger partial charge in [-0.2, -0.15) is 0 Å². The molecule has 0 saturated heterocycles. The number of hydrogen-bond donors (Lipinski definition) is 0. The van der Waals surface area contributed by atoms with Crippen LogP contribution in [0.2, 0.25) is 0 Å². The number of esters is 3. The highest BCUT2D eigenvalue weighted by Crippen LogP contribution is 2.19. The number of carbonyl (C=O) groups is 3. The van der Waals surface area contributed by atoms with E-state index in [0.717, 1.165) is 6.08 Å². The molecule has 32 heavy (non-hydrogen) atoms. The normalized spacial score (nSPS) is 10.5. The van der Waals surface area contributed by atoms with Crippen molar-refractivity contribution >= 4 is 24.0 Å². The highest BCUT2D eigenvalue weighted by atomic mass is 19.1. The van der Waals surface area contributed by atoms with Crippen LogP contribution in [0.4, 0.5) is 4.39 Å². The Morgan fingerprint density at radius 1 is 0.906 bits per heavy atom. The predicted molar refractivity (Wildman–Crippen MR) is 117 cm³/mol. The molecule has 2 aromatic carbocycles. The molecular formula is C25H23FO6. The van der Waals surface area contributed by atoms with Crippen molar-refractivity contribution in [2.24, 2.45) is 0 Å². The third kappa shape index (κ3) is 7.68. The highest BCUT2D eigenvalue weighted by Gasteiger charge is 2.08. The molecule has 7 heteroatoms. The Hall–Kier alpha value is -4.00. The largest absolute Gasteiger partial charge is 0.462 e. The van der Waals surface area contributed by atoms with Crippen LogP contribution >= 0.6 is 0 Å². The fourth-order valence-electron chi connectivity index (χ4n) is 2.33. The molecule has 0 atom stereocenters. The minimum absolute atomic E-state index is 0.0370. The van der Waals surface area contributed by atoms with E-state index in [1.807, 2.05) is 0 Å². The molecule has 0 aromatic heterocycles. The molecule has 0 aliphatic rings. The summed E-state index contributed by atoms with van der Waals surface area (Å²) in [6.45, 7) is 10.1. The quantitative estimate of drug-likeness (QED) is 0.324. The van der Waals surface area contributed by atoms with Crippen molar-refractivity contribution in [2.45, 2.75) is 20.3 Å². The topological polar surface area (TPSA) is 78.9 Å². The van der Waals surface area contributed by atoms with Gasteiger partial charge < -0.3 is 14.2 Å². The van der Waals surface area contributed by atoms with E-state index in [1.54, 1.807) is 12.1 Å². The van der Waals surface area contributed by atoms with Crippen LogP contribution in [0, 0.1) is 5.82 Å². The van der Waals surface area contributed by atoms with Crippen LogP contribution < -0.4 is 9.47 Å². The zero-order valence-electron chi connectivity index (χ0n) is 17.9. The van der Waals surface area contributed by atoms with Gasteiger partial charge in [-0.25, -0.2) is 18.8 Å². The lowest BCUT2D eigenvalue weighted by molar-refractivity contribution is -0.139. The van der Waals surface area contributed by atoms with Gasteiger partial charge in [0.05, 0.1) is 6.61 Å². The van der Waals surface area contributed by atoms with Gasteiger partial charge in [-0.15, -0.1) is 0 Å². The molecule has 0 unspecified atom stereocenters. The first-order chi connectivity index (χ1) is 15.2. The summed E-state index contributed by atoms with van der Waals surface area (Å²) in [7, 11) is 0. The molecule has 2 rings (SSSR count). The Morgan fingerprint density at radius 2 is 1.50 bits per heavy atom. The summed E-state index contributed by atoms with van der Waals surface area (Å²) >= 11 is 0. The average molecular weight is 438 g/mol.